The zero-order valence-corrected chi connectivity index (χ0v) is 4.92. The molecule has 2 nitrogen and oxygen atoms in total. The minimum atomic E-state index is -0.863. The molecule has 0 atom stereocenters. The third-order valence-corrected chi connectivity index (χ3v) is 0.716. The second kappa shape index (κ2) is 4.37. The van der Waals surface area contributed by atoms with Gasteiger partial charge in [0.05, 0.1) is 0 Å². The van der Waals surface area contributed by atoms with E-state index in [0.717, 1.165) is 12.8 Å². The first kappa shape index (κ1) is 7.21. The monoisotopic (exact) mass is 114 g/mol. The molecule has 8 heavy (non-hydrogen) atoms. The van der Waals surface area contributed by atoms with Crippen LogP contribution < -0.4 is 0 Å². The highest BCUT2D eigenvalue weighted by Gasteiger charge is 1.81. The van der Waals surface area contributed by atoms with Crippen LogP contribution in [-0.4, -0.2) is 11.1 Å². The summed E-state index contributed by atoms with van der Waals surface area (Å²) in [4.78, 5) is 9.79. The number of hydrogen-bond donors (Lipinski definition) is 1. The van der Waals surface area contributed by atoms with Gasteiger partial charge in [-0.15, -0.1) is 0 Å². The van der Waals surface area contributed by atoms with Crippen LogP contribution in [0.4, 0.5) is 0 Å². The van der Waals surface area contributed by atoms with E-state index < -0.39 is 5.97 Å². The summed E-state index contributed by atoms with van der Waals surface area (Å²) < 4.78 is 0. The second-order valence-electron chi connectivity index (χ2n) is 1.53. The Hall–Kier alpha value is -0.790. The first-order valence-electron chi connectivity index (χ1n) is 2.67. The molecular formula is C6H10O2. The summed E-state index contributed by atoms with van der Waals surface area (Å²) in [5.74, 6) is -0.863. The van der Waals surface area contributed by atoms with Gasteiger partial charge in [0, 0.05) is 6.08 Å². The van der Waals surface area contributed by atoms with Crippen LogP contribution in [0, 0.1) is 0 Å². The van der Waals surface area contributed by atoms with E-state index in [1.807, 2.05) is 6.92 Å². The fourth-order valence-corrected chi connectivity index (χ4v) is 0.351. The summed E-state index contributed by atoms with van der Waals surface area (Å²) in [6.45, 7) is 2.01. The molecule has 0 saturated carbocycles. The molecule has 0 aromatic heterocycles. The lowest BCUT2D eigenvalue weighted by molar-refractivity contribution is -0.131. The van der Waals surface area contributed by atoms with Crippen LogP contribution >= 0.6 is 0 Å². The Labute approximate surface area is 48.8 Å². The highest BCUT2D eigenvalue weighted by Crippen LogP contribution is 1.86. The Balaban J connectivity index is 3.20. The van der Waals surface area contributed by atoms with E-state index in [0.29, 0.717) is 0 Å². The maximum Gasteiger partial charge on any atom is 0.327 e. The largest absolute Gasteiger partial charge is 0.478 e. The quantitative estimate of drug-likeness (QED) is 0.563. The molecule has 0 unspecified atom stereocenters. The predicted molar refractivity (Wildman–Crippen MR) is 31.7 cm³/mol. The van der Waals surface area contributed by atoms with Crippen LogP contribution in [0.1, 0.15) is 19.8 Å². The van der Waals surface area contributed by atoms with E-state index in [9.17, 15) is 4.79 Å². The van der Waals surface area contributed by atoms with E-state index in [1.165, 1.54) is 6.08 Å². The van der Waals surface area contributed by atoms with Crippen molar-refractivity contribution in [3.8, 4) is 0 Å². The van der Waals surface area contributed by atoms with Crippen molar-refractivity contribution in [2.45, 2.75) is 19.8 Å². The van der Waals surface area contributed by atoms with Gasteiger partial charge in [0.1, 0.15) is 0 Å². The van der Waals surface area contributed by atoms with Gasteiger partial charge in [0.2, 0.25) is 0 Å². The lowest BCUT2D eigenvalue weighted by Crippen LogP contribution is -1.84. The Kier molecular flexibility index (Phi) is 3.94. The molecule has 2 heteroatoms. The maximum atomic E-state index is 9.79. The summed E-state index contributed by atoms with van der Waals surface area (Å²) >= 11 is 0. The van der Waals surface area contributed by atoms with Crippen molar-refractivity contribution in [2.75, 3.05) is 0 Å². The number of carboxylic acids is 1. The number of allylic oxidation sites excluding steroid dienone is 1. The van der Waals surface area contributed by atoms with Gasteiger partial charge in [-0.2, -0.15) is 0 Å². The van der Waals surface area contributed by atoms with E-state index >= 15 is 0 Å². The van der Waals surface area contributed by atoms with Gasteiger partial charge in [0.15, 0.2) is 0 Å². The molecule has 0 radical (unpaired) electrons. The standard InChI is InChI=1S/C6H10O2/c1-2-3-4-5-6(7)8/h4-5H,2-3H2,1H3,(H,7,8)/b5-4+. The SMILES string of the molecule is CCC/C=C/C(=O)O. The van der Waals surface area contributed by atoms with Crippen LogP contribution in [0.25, 0.3) is 0 Å². The molecule has 0 aliphatic rings. The number of rotatable bonds is 3. The summed E-state index contributed by atoms with van der Waals surface area (Å²) in [5.41, 5.74) is 0. The highest BCUT2D eigenvalue weighted by molar-refractivity contribution is 5.79. The van der Waals surface area contributed by atoms with Gasteiger partial charge in [0.25, 0.3) is 0 Å². The Bertz CT molecular complexity index is 94.7. The Morgan fingerprint density at radius 3 is 2.75 bits per heavy atom. The molecule has 0 aromatic carbocycles. The van der Waals surface area contributed by atoms with E-state index in [4.69, 9.17) is 5.11 Å². The highest BCUT2D eigenvalue weighted by atomic mass is 16.4. The van der Waals surface area contributed by atoms with Crippen LogP contribution in [0.2, 0.25) is 0 Å². The smallest absolute Gasteiger partial charge is 0.327 e. The number of carbonyl (C=O) groups is 1. The summed E-state index contributed by atoms with van der Waals surface area (Å²) in [6, 6.07) is 0. The fraction of sp³-hybridized carbons (Fsp3) is 0.500. The molecule has 0 rings (SSSR count). The molecule has 0 amide bonds. The summed E-state index contributed by atoms with van der Waals surface area (Å²) in [6.07, 6.45) is 4.68. The topological polar surface area (TPSA) is 37.3 Å². The zero-order valence-electron chi connectivity index (χ0n) is 4.92. The number of aliphatic carboxylic acids is 1. The lowest BCUT2D eigenvalue weighted by atomic mass is 10.3. The summed E-state index contributed by atoms with van der Waals surface area (Å²) in [7, 11) is 0. The van der Waals surface area contributed by atoms with Crippen molar-refractivity contribution in [1.82, 2.24) is 0 Å². The molecule has 0 aliphatic carbocycles. The maximum absolute atomic E-state index is 9.79. The number of hydrogen-bond acceptors (Lipinski definition) is 1. The molecular weight excluding hydrogens is 104 g/mol. The Morgan fingerprint density at radius 2 is 2.38 bits per heavy atom. The normalized spacial score (nSPS) is 10.1. The van der Waals surface area contributed by atoms with Gasteiger partial charge >= 0.3 is 5.97 Å². The molecule has 0 heterocycles. The average molecular weight is 114 g/mol. The van der Waals surface area contributed by atoms with Gasteiger partial charge in [-0.05, 0) is 6.42 Å². The van der Waals surface area contributed by atoms with Crippen LogP contribution in [0.5, 0.6) is 0 Å². The predicted octanol–water partition coefficient (Wildman–Crippen LogP) is 1.43. The molecule has 0 aromatic rings. The second-order valence-corrected chi connectivity index (χ2v) is 1.53. The van der Waals surface area contributed by atoms with Gasteiger partial charge < -0.3 is 5.11 Å². The average Bonchev–Trinajstić information content (AvgIpc) is 1.66. The minimum Gasteiger partial charge on any atom is -0.478 e. The molecule has 0 saturated heterocycles. The molecule has 0 fully saturated rings. The van der Waals surface area contributed by atoms with Crippen molar-refractivity contribution in [3.63, 3.8) is 0 Å². The molecule has 0 spiro atoms. The lowest BCUT2D eigenvalue weighted by Gasteiger charge is -1.79. The molecule has 0 bridgehead atoms. The van der Waals surface area contributed by atoms with Crippen molar-refractivity contribution >= 4 is 5.97 Å². The number of unbranched alkanes of at least 4 members (excludes halogenated alkanes) is 1. The molecule has 0 aliphatic heterocycles. The van der Waals surface area contributed by atoms with Crippen molar-refractivity contribution in [2.24, 2.45) is 0 Å². The van der Waals surface area contributed by atoms with E-state index in [-0.39, 0.29) is 0 Å². The van der Waals surface area contributed by atoms with Crippen LogP contribution in [0.3, 0.4) is 0 Å². The fourth-order valence-electron chi connectivity index (χ4n) is 0.351. The van der Waals surface area contributed by atoms with Crippen LogP contribution in [-0.2, 0) is 4.79 Å². The van der Waals surface area contributed by atoms with Crippen LogP contribution in [0.15, 0.2) is 12.2 Å². The Morgan fingerprint density at radius 1 is 1.75 bits per heavy atom. The third-order valence-electron chi connectivity index (χ3n) is 0.716. The van der Waals surface area contributed by atoms with Gasteiger partial charge in [-0.1, -0.05) is 19.4 Å². The zero-order chi connectivity index (χ0) is 6.41. The van der Waals surface area contributed by atoms with Crippen molar-refractivity contribution < 1.29 is 9.90 Å². The number of carboxylic acid groups (broad SMARTS) is 1. The first-order chi connectivity index (χ1) is 3.77. The third kappa shape index (κ3) is 5.21. The molecule has 1 N–H and O–H groups in total. The molecule has 46 valence electrons. The van der Waals surface area contributed by atoms with Crippen molar-refractivity contribution in [1.29, 1.82) is 0 Å². The van der Waals surface area contributed by atoms with Crippen molar-refractivity contribution in [3.05, 3.63) is 12.2 Å². The van der Waals surface area contributed by atoms with Gasteiger partial charge in [-0.25, -0.2) is 4.79 Å². The van der Waals surface area contributed by atoms with E-state index in [1.54, 1.807) is 6.08 Å². The minimum absolute atomic E-state index is 0.853. The van der Waals surface area contributed by atoms with Gasteiger partial charge in [-0.3, -0.25) is 0 Å². The van der Waals surface area contributed by atoms with E-state index in [2.05, 4.69) is 0 Å². The summed E-state index contributed by atoms with van der Waals surface area (Å²) in [5, 5.41) is 8.05. The first-order valence-corrected chi connectivity index (χ1v) is 2.67.